The fourth-order valence-corrected chi connectivity index (χ4v) is 3.42. The lowest BCUT2D eigenvalue weighted by Gasteiger charge is -2.36. The largest absolute Gasteiger partial charge is 0.357 e. The predicted octanol–water partition coefficient (Wildman–Crippen LogP) is 3.37. The molecule has 2 rings (SSSR count). The topological polar surface area (TPSA) is 47.9 Å². The molecular weight excluding hydrogens is 463 g/mol. The third-order valence-electron chi connectivity index (χ3n) is 4.59. The second kappa shape index (κ2) is 10.3. The normalized spacial score (nSPS) is 15.5. The maximum absolute atomic E-state index is 11.5. The third kappa shape index (κ3) is 6.01. The maximum atomic E-state index is 11.5. The number of hydrogen-bond donors (Lipinski definition) is 1. The first-order valence-corrected chi connectivity index (χ1v) is 9.26. The summed E-state index contributed by atoms with van der Waals surface area (Å²) in [7, 11) is 0. The number of carbonyl (C=O) groups is 1. The van der Waals surface area contributed by atoms with Crippen molar-refractivity contribution in [3.8, 4) is 0 Å². The van der Waals surface area contributed by atoms with Crippen LogP contribution in [0.15, 0.2) is 29.3 Å². The van der Waals surface area contributed by atoms with Crippen molar-refractivity contribution in [1.29, 1.82) is 0 Å². The molecule has 0 unspecified atom stereocenters. The van der Waals surface area contributed by atoms with E-state index in [0.717, 1.165) is 49.3 Å². The molecule has 7 heteroatoms. The summed E-state index contributed by atoms with van der Waals surface area (Å²) < 4.78 is 0. The van der Waals surface area contributed by atoms with E-state index in [4.69, 9.17) is 16.6 Å². The number of carbonyl (C=O) groups excluding carboxylic acids is 1. The van der Waals surface area contributed by atoms with Crippen molar-refractivity contribution in [3.05, 3.63) is 34.9 Å². The molecule has 146 valence electrons. The molecule has 1 heterocycles. The van der Waals surface area contributed by atoms with Crippen molar-refractivity contribution in [2.75, 3.05) is 39.3 Å². The number of benzene rings is 1. The van der Waals surface area contributed by atoms with Crippen LogP contribution in [0.5, 0.6) is 0 Å². The van der Waals surface area contributed by atoms with Gasteiger partial charge in [0.05, 0.1) is 6.54 Å². The van der Waals surface area contributed by atoms with E-state index in [1.54, 1.807) is 6.92 Å². The van der Waals surface area contributed by atoms with Gasteiger partial charge in [-0.2, -0.15) is 0 Å². The van der Waals surface area contributed by atoms with E-state index in [1.807, 2.05) is 23.1 Å². The molecule has 0 radical (unpaired) electrons. The van der Waals surface area contributed by atoms with Crippen molar-refractivity contribution < 1.29 is 4.79 Å². The van der Waals surface area contributed by atoms with Crippen molar-refractivity contribution in [2.24, 2.45) is 4.99 Å². The fraction of sp³-hybridized carbons (Fsp3) is 0.579. The molecule has 1 fully saturated rings. The molecule has 0 aromatic heterocycles. The molecule has 0 bridgehead atoms. The summed E-state index contributed by atoms with van der Waals surface area (Å²) in [5, 5.41) is 4.15. The molecule has 0 spiro atoms. The molecule has 0 saturated carbocycles. The molecule has 1 aromatic rings. The number of hydrogen-bond acceptors (Lipinski definition) is 2. The molecule has 5 nitrogen and oxygen atoms in total. The standard InChI is InChI=1S/C19H29ClN4O.HI/c1-5-21-18(24-12-10-23(11-13-24)15(2)25)22-14-19(3,4)16-8-6-7-9-17(16)20;/h6-9H,5,10-14H2,1-4H3,(H,21,22);1H. The highest BCUT2D eigenvalue weighted by atomic mass is 127. The fourth-order valence-electron chi connectivity index (χ4n) is 3.03. The lowest BCUT2D eigenvalue weighted by Crippen LogP contribution is -2.53. The lowest BCUT2D eigenvalue weighted by molar-refractivity contribution is -0.130. The summed E-state index contributed by atoms with van der Waals surface area (Å²) in [6.07, 6.45) is 0. The van der Waals surface area contributed by atoms with Crippen molar-refractivity contribution >= 4 is 47.4 Å². The van der Waals surface area contributed by atoms with E-state index in [9.17, 15) is 4.79 Å². The Morgan fingerprint density at radius 2 is 1.77 bits per heavy atom. The summed E-state index contributed by atoms with van der Waals surface area (Å²) in [4.78, 5) is 20.5. The number of aliphatic imine (C=N–C) groups is 1. The van der Waals surface area contributed by atoms with Gasteiger partial charge in [0, 0.05) is 50.1 Å². The molecule has 1 amide bonds. The number of halogens is 2. The Balaban J connectivity index is 0.00000338. The molecule has 1 aliphatic rings. The molecule has 0 aliphatic carbocycles. The summed E-state index contributed by atoms with van der Waals surface area (Å²) in [5.41, 5.74) is 0.956. The molecular formula is C19H30ClIN4O. The zero-order valence-corrected chi connectivity index (χ0v) is 19.2. The van der Waals surface area contributed by atoms with Crippen LogP contribution in [-0.4, -0.2) is 60.9 Å². The van der Waals surface area contributed by atoms with Crippen LogP contribution in [0.4, 0.5) is 0 Å². The second-order valence-corrected chi connectivity index (χ2v) is 7.43. The highest BCUT2D eigenvalue weighted by Crippen LogP contribution is 2.30. The van der Waals surface area contributed by atoms with E-state index in [-0.39, 0.29) is 35.3 Å². The lowest BCUT2D eigenvalue weighted by atomic mass is 9.85. The van der Waals surface area contributed by atoms with Crippen LogP contribution in [0.3, 0.4) is 0 Å². The first-order chi connectivity index (χ1) is 11.8. The number of rotatable bonds is 4. The number of nitrogens with zero attached hydrogens (tertiary/aromatic N) is 3. The van der Waals surface area contributed by atoms with E-state index < -0.39 is 0 Å². The average Bonchev–Trinajstić information content (AvgIpc) is 2.59. The Morgan fingerprint density at radius 3 is 2.31 bits per heavy atom. The van der Waals surface area contributed by atoms with Gasteiger partial charge in [0.2, 0.25) is 5.91 Å². The first-order valence-electron chi connectivity index (χ1n) is 8.89. The Labute approximate surface area is 179 Å². The van der Waals surface area contributed by atoms with Crippen LogP contribution in [-0.2, 0) is 10.2 Å². The van der Waals surface area contributed by atoms with E-state index in [2.05, 4.69) is 37.1 Å². The van der Waals surface area contributed by atoms with Gasteiger partial charge in [-0.05, 0) is 18.6 Å². The molecule has 1 aliphatic heterocycles. The number of piperazine rings is 1. The van der Waals surface area contributed by atoms with Crippen molar-refractivity contribution in [2.45, 2.75) is 33.1 Å². The zero-order chi connectivity index (χ0) is 18.4. The van der Waals surface area contributed by atoms with Gasteiger partial charge in [0.25, 0.3) is 0 Å². The maximum Gasteiger partial charge on any atom is 0.219 e. The SMILES string of the molecule is CCNC(=NCC(C)(C)c1ccccc1Cl)N1CCN(C(C)=O)CC1.I. The summed E-state index contributed by atoms with van der Waals surface area (Å²) in [6.45, 7) is 12.6. The average molecular weight is 493 g/mol. The quantitative estimate of drug-likeness (QED) is 0.398. The minimum absolute atomic E-state index is 0. The predicted molar refractivity (Wildman–Crippen MR) is 120 cm³/mol. The van der Waals surface area contributed by atoms with Gasteiger partial charge in [-0.25, -0.2) is 0 Å². The molecule has 0 atom stereocenters. The number of nitrogens with one attached hydrogen (secondary N) is 1. The van der Waals surface area contributed by atoms with Gasteiger partial charge in [-0.15, -0.1) is 24.0 Å². The van der Waals surface area contributed by atoms with Crippen LogP contribution in [0.25, 0.3) is 0 Å². The van der Waals surface area contributed by atoms with Gasteiger partial charge in [0.1, 0.15) is 0 Å². The smallest absolute Gasteiger partial charge is 0.219 e. The third-order valence-corrected chi connectivity index (χ3v) is 4.92. The Morgan fingerprint density at radius 1 is 1.19 bits per heavy atom. The minimum Gasteiger partial charge on any atom is -0.357 e. The molecule has 1 saturated heterocycles. The Kier molecular flexibility index (Phi) is 9.16. The monoisotopic (exact) mass is 492 g/mol. The Bertz CT molecular complexity index is 628. The van der Waals surface area contributed by atoms with E-state index >= 15 is 0 Å². The van der Waals surface area contributed by atoms with Gasteiger partial charge in [0.15, 0.2) is 5.96 Å². The van der Waals surface area contributed by atoms with E-state index in [1.165, 1.54) is 0 Å². The molecule has 1 aromatic carbocycles. The van der Waals surface area contributed by atoms with Crippen molar-refractivity contribution in [3.63, 3.8) is 0 Å². The number of amides is 1. The highest BCUT2D eigenvalue weighted by Gasteiger charge is 2.25. The van der Waals surface area contributed by atoms with Crippen LogP contribution in [0.1, 0.15) is 33.3 Å². The summed E-state index contributed by atoms with van der Waals surface area (Å²) >= 11 is 6.37. The van der Waals surface area contributed by atoms with Crippen LogP contribution < -0.4 is 5.32 Å². The molecule has 1 N–H and O–H groups in total. The summed E-state index contributed by atoms with van der Waals surface area (Å²) in [6, 6.07) is 7.95. The van der Waals surface area contributed by atoms with Gasteiger partial charge >= 0.3 is 0 Å². The number of guanidine groups is 1. The van der Waals surface area contributed by atoms with Crippen LogP contribution in [0.2, 0.25) is 5.02 Å². The van der Waals surface area contributed by atoms with Gasteiger partial charge in [-0.1, -0.05) is 43.6 Å². The highest BCUT2D eigenvalue weighted by molar-refractivity contribution is 14.0. The van der Waals surface area contributed by atoms with Crippen LogP contribution in [0, 0.1) is 0 Å². The van der Waals surface area contributed by atoms with E-state index in [0.29, 0.717) is 6.54 Å². The molecule has 26 heavy (non-hydrogen) atoms. The zero-order valence-electron chi connectivity index (χ0n) is 16.1. The minimum atomic E-state index is -0.153. The van der Waals surface area contributed by atoms with Gasteiger partial charge in [-0.3, -0.25) is 9.79 Å². The van der Waals surface area contributed by atoms with Gasteiger partial charge < -0.3 is 15.1 Å². The van der Waals surface area contributed by atoms with Crippen LogP contribution >= 0.6 is 35.6 Å². The summed E-state index contributed by atoms with van der Waals surface area (Å²) in [5.74, 6) is 1.05. The first kappa shape index (κ1) is 23.0. The Hall–Kier alpha value is -1.02. The van der Waals surface area contributed by atoms with Crippen molar-refractivity contribution in [1.82, 2.24) is 15.1 Å². The second-order valence-electron chi connectivity index (χ2n) is 7.03.